The van der Waals surface area contributed by atoms with Crippen LogP contribution in [0.3, 0.4) is 0 Å². The van der Waals surface area contributed by atoms with Crippen LogP contribution >= 0.6 is 0 Å². The van der Waals surface area contributed by atoms with E-state index in [9.17, 15) is 14.4 Å². The van der Waals surface area contributed by atoms with Crippen LogP contribution in [0.2, 0.25) is 0 Å². The van der Waals surface area contributed by atoms with Gasteiger partial charge in [-0.15, -0.1) is 0 Å². The van der Waals surface area contributed by atoms with E-state index in [1.165, 1.54) is 4.90 Å². The molecular weight excluding hydrogens is 434 g/mol. The van der Waals surface area contributed by atoms with Gasteiger partial charge in [-0.05, 0) is 61.9 Å². The van der Waals surface area contributed by atoms with Crippen LogP contribution in [0.5, 0.6) is 11.5 Å². The van der Waals surface area contributed by atoms with Gasteiger partial charge >= 0.3 is 6.03 Å². The first-order valence-corrected chi connectivity index (χ1v) is 11.8. The average Bonchev–Trinajstić information content (AvgIpc) is 3.42. The molecule has 3 aliphatic rings. The van der Waals surface area contributed by atoms with E-state index < -0.39 is 5.54 Å². The molecule has 2 aromatic rings. The highest BCUT2D eigenvalue weighted by atomic mass is 16.7. The first-order chi connectivity index (χ1) is 16.4. The molecule has 5 rings (SSSR count). The number of urea groups is 1. The van der Waals surface area contributed by atoms with E-state index >= 15 is 0 Å². The predicted octanol–water partition coefficient (Wildman–Crippen LogP) is 3.48. The van der Waals surface area contributed by atoms with Crippen LogP contribution in [0.25, 0.3) is 0 Å². The zero-order valence-corrected chi connectivity index (χ0v) is 19.5. The van der Waals surface area contributed by atoms with Crippen molar-refractivity contribution in [3.05, 3.63) is 59.2 Å². The van der Waals surface area contributed by atoms with Crippen molar-refractivity contribution in [1.82, 2.24) is 15.1 Å². The van der Waals surface area contributed by atoms with Crippen molar-refractivity contribution in [1.29, 1.82) is 0 Å². The molecule has 0 radical (unpaired) electrons. The Morgan fingerprint density at radius 3 is 2.59 bits per heavy atom. The molecule has 4 amide bonds. The van der Waals surface area contributed by atoms with E-state index in [0.29, 0.717) is 49.4 Å². The number of nitrogens with zero attached hydrogens (tertiary/aromatic N) is 2. The van der Waals surface area contributed by atoms with Crippen molar-refractivity contribution in [2.75, 3.05) is 19.9 Å². The first kappa shape index (κ1) is 22.3. The van der Waals surface area contributed by atoms with Crippen LogP contribution in [-0.4, -0.2) is 53.1 Å². The van der Waals surface area contributed by atoms with E-state index in [1.54, 1.807) is 6.07 Å². The number of benzene rings is 2. The largest absolute Gasteiger partial charge is 0.454 e. The number of hydrogen-bond acceptors (Lipinski definition) is 5. The number of nitrogens with one attached hydrogen (secondary N) is 1. The molecule has 8 heteroatoms. The van der Waals surface area contributed by atoms with Gasteiger partial charge in [-0.2, -0.15) is 0 Å². The van der Waals surface area contributed by atoms with Crippen LogP contribution in [0.4, 0.5) is 4.79 Å². The molecule has 0 bridgehead atoms. The van der Waals surface area contributed by atoms with Crippen molar-refractivity contribution >= 4 is 17.8 Å². The van der Waals surface area contributed by atoms with E-state index in [2.05, 4.69) is 5.32 Å². The molecule has 3 heterocycles. The molecule has 1 atom stereocenters. The fraction of sp³-hybridized carbons (Fsp3) is 0.423. The number of carbonyl (C=O) groups is 3. The second-order valence-corrected chi connectivity index (χ2v) is 9.27. The van der Waals surface area contributed by atoms with Crippen molar-refractivity contribution in [3.8, 4) is 11.5 Å². The van der Waals surface area contributed by atoms with Gasteiger partial charge in [0, 0.05) is 18.7 Å². The summed E-state index contributed by atoms with van der Waals surface area (Å²) in [6.45, 7) is 5.37. The lowest BCUT2D eigenvalue weighted by Crippen LogP contribution is -2.56. The number of carbonyl (C=O) groups excluding carboxylic acids is 3. The van der Waals surface area contributed by atoms with Gasteiger partial charge in [0.15, 0.2) is 11.5 Å². The summed E-state index contributed by atoms with van der Waals surface area (Å²) < 4.78 is 10.8. The first-order valence-electron chi connectivity index (χ1n) is 11.8. The van der Waals surface area contributed by atoms with Gasteiger partial charge in [0.2, 0.25) is 6.79 Å². The number of aryl methyl sites for hydroxylation is 1. The lowest BCUT2D eigenvalue weighted by molar-refractivity contribution is -0.134. The molecule has 1 N–H and O–H groups in total. The summed E-state index contributed by atoms with van der Waals surface area (Å²) in [7, 11) is 0. The molecule has 1 unspecified atom stereocenters. The topological polar surface area (TPSA) is 88.2 Å². The Labute approximate surface area is 198 Å². The lowest BCUT2D eigenvalue weighted by Gasteiger charge is -2.40. The second-order valence-electron chi connectivity index (χ2n) is 9.27. The van der Waals surface area contributed by atoms with Crippen molar-refractivity contribution < 1.29 is 23.9 Å². The molecule has 34 heavy (non-hydrogen) atoms. The lowest BCUT2D eigenvalue weighted by atomic mass is 9.75. The Bertz CT molecular complexity index is 1140. The van der Waals surface area contributed by atoms with Gasteiger partial charge in [-0.3, -0.25) is 14.5 Å². The summed E-state index contributed by atoms with van der Waals surface area (Å²) in [5.41, 5.74) is 1.60. The molecule has 0 aliphatic carbocycles. The zero-order valence-electron chi connectivity index (χ0n) is 19.5. The second kappa shape index (κ2) is 8.66. The number of fused-ring (bicyclic) bond motifs is 1. The minimum atomic E-state index is -0.939. The summed E-state index contributed by atoms with van der Waals surface area (Å²) in [6.07, 6.45) is 1.83. The number of ether oxygens (including phenoxy) is 2. The third-order valence-corrected chi connectivity index (χ3v) is 7.28. The van der Waals surface area contributed by atoms with Crippen LogP contribution in [0, 0.1) is 12.8 Å². The Morgan fingerprint density at radius 1 is 1.09 bits per heavy atom. The summed E-state index contributed by atoms with van der Waals surface area (Å²) in [5, 5.41) is 3.02. The fourth-order valence-electron chi connectivity index (χ4n) is 5.35. The van der Waals surface area contributed by atoms with Gasteiger partial charge in [0.1, 0.15) is 5.54 Å². The molecule has 2 aromatic carbocycles. The zero-order chi connectivity index (χ0) is 23.9. The van der Waals surface area contributed by atoms with Crippen LogP contribution in [-0.2, 0) is 11.3 Å². The van der Waals surface area contributed by atoms with Crippen LogP contribution in [0.15, 0.2) is 42.5 Å². The maximum Gasteiger partial charge on any atom is 0.325 e. The Balaban J connectivity index is 1.28. The summed E-state index contributed by atoms with van der Waals surface area (Å²) in [6, 6.07) is 12.7. The minimum absolute atomic E-state index is 0.0129. The summed E-state index contributed by atoms with van der Waals surface area (Å²) >= 11 is 0. The van der Waals surface area contributed by atoms with Gasteiger partial charge in [0.25, 0.3) is 11.8 Å². The molecule has 0 spiro atoms. The summed E-state index contributed by atoms with van der Waals surface area (Å²) in [4.78, 5) is 42.6. The molecule has 3 aliphatic heterocycles. The van der Waals surface area contributed by atoms with Crippen LogP contribution < -0.4 is 14.8 Å². The van der Waals surface area contributed by atoms with Crippen molar-refractivity contribution in [3.63, 3.8) is 0 Å². The Kier molecular flexibility index (Phi) is 5.67. The maximum atomic E-state index is 13.6. The van der Waals surface area contributed by atoms with E-state index in [-0.39, 0.29) is 37.1 Å². The van der Waals surface area contributed by atoms with Gasteiger partial charge in [0.05, 0.1) is 6.54 Å². The number of imide groups is 1. The van der Waals surface area contributed by atoms with Gasteiger partial charge < -0.3 is 19.7 Å². The monoisotopic (exact) mass is 463 g/mol. The third kappa shape index (κ3) is 3.77. The Morgan fingerprint density at radius 2 is 1.85 bits per heavy atom. The normalized spacial score (nSPS) is 22.3. The number of rotatable bonds is 5. The number of piperidine rings is 1. The number of hydrogen-bond donors (Lipinski definition) is 1. The Hall–Kier alpha value is -3.55. The molecule has 2 fully saturated rings. The fourth-order valence-corrected chi connectivity index (χ4v) is 5.35. The van der Waals surface area contributed by atoms with Crippen molar-refractivity contribution in [2.45, 2.75) is 45.2 Å². The molecule has 178 valence electrons. The van der Waals surface area contributed by atoms with Gasteiger partial charge in [-0.25, -0.2) is 4.79 Å². The highest BCUT2D eigenvalue weighted by molar-refractivity contribution is 6.07. The maximum absolute atomic E-state index is 13.6. The average molecular weight is 464 g/mol. The standard InChI is InChI=1S/C26H29N3O5/c1-3-26(20-9-11-28(12-10-20)23(30)19-6-4-5-17(2)13-19)24(31)29(25(32)27-26)15-18-7-8-21-22(14-18)34-16-33-21/h4-8,13-14,20H,3,9-12,15-16H2,1-2H3,(H,27,32). The molecule has 0 aromatic heterocycles. The number of likely N-dealkylation sites (tertiary alicyclic amines) is 1. The predicted molar refractivity (Wildman–Crippen MR) is 124 cm³/mol. The highest BCUT2D eigenvalue weighted by Crippen LogP contribution is 2.38. The van der Waals surface area contributed by atoms with E-state index in [4.69, 9.17) is 9.47 Å². The van der Waals surface area contributed by atoms with Gasteiger partial charge in [-0.1, -0.05) is 30.7 Å². The third-order valence-electron chi connectivity index (χ3n) is 7.28. The molecular formula is C26H29N3O5. The molecule has 2 saturated heterocycles. The van der Waals surface area contributed by atoms with E-state index in [0.717, 1.165) is 11.1 Å². The van der Waals surface area contributed by atoms with Crippen LogP contribution in [0.1, 0.15) is 47.7 Å². The van der Waals surface area contributed by atoms with E-state index in [1.807, 2.05) is 55.1 Å². The summed E-state index contributed by atoms with van der Waals surface area (Å²) in [5.74, 6) is 1.07. The molecule has 0 saturated carbocycles. The highest BCUT2D eigenvalue weighted by Gasteiger charge is 2.54. The quantitative estimate of drug-likeness (QED) is 0.686. The minimum Gasteiger partial charge on any atom is -0.454 e. The SMILES string of the molecule is CCC1(C2CCN(C(=O)c3cccc(C)c3)CC2)NC(=O)N(Cc2ccc3c(c2)OCO3)C1=O. The molecule has 8 nitrogen and oxygen atoms in total. The van der Waals surface area contributed by atoms with Crippen molar-refractivity contribution in [2.24, 2.45) is 5.92 Å². The smallest absolute Gasteiger partial charge is 0.325 e. The number of amides is 4.